The van der Waals surface area contributed by atoms with Crippen LogP contribution in [0.1, 0.15) is 36.5 Å². The lowest BCUT2D eigenvalue weighted by Crippen LogP contribution is -2.34. The molecule has 2 rings (SSSR count). The highest BCUT2D eigenvalue weighted by atomic mass is 79.9. The molecule has 5 nitrogen and oxygen atoms in total. The van der Waals surface area contributed by atoms with Gasteiger partial charge in [-0.15, -0.1) is 0 Å². The summed E-state index contributed by atoms with van der Waals surface area (Å²) in [6, 6.07) is 14.2. The van der Waals surface area contributed by atoms with Crippen molar-refractivity contribution in [1.29, 1.82) is 0 Å². The Morgan fingerprint density at radius 2 is 1.69 bits per heavy atom. The maximum absolute atomic E-state index is 12.2. The number of unbranched alkanes of at least 4 members (excludes halogenated alkanes) is 1. The number of rotatable bonds is 6. The van der Waals surface area contributed by atoms with E-state index in [1.165, 1.54) is 0 Å². The largest absolute Gasteiger partial charge is 0.332 e. The second-order valence-corrected chi connectivity index (χ2v) is 6.97. The monoisotopic (exact) mass is 433 g/mol. The van der Waals surface area contributed by atoms with Gasteiger partial charge in [-0.3, -0.25) is 14.9 Å². The van der Waals surface area contributed by atoms with Crippen LogP contribution < -0.4 is 16.0 Å². The molecule has 0 saturated carbocycles. The van der Waals surface area contributed by atoms with Crippen molar-refractivity contribution in [2.45, 2.75) is 26.2 Å². The molecule has 3 N–H and O–H groups in total. The van der Waals surface area contributed by atoms with Crippen LogP contribution in [0, 0.1) is 0 Å². The van der Waals surface area contributed by atoms with Crippen LogP contribution in [0.5, 0.6) is 0 Å². The topological polar surface area (TPSA) is 70.2 Å². The zero-order valence-electron chi connectivity index (χ0n) is 14.3. The molecule has 2 aromatic carbocycles. The van der Waals surface area contributed by atoms with Crippen LogP contribution in [0.3, 0.4) is 0 Å². The number of nitrogens with one attached hydrogen (secondary N) is 3. The predicted molar refractivity (Wildman–Crippen MR) is 112 cm³/mol. The highest BCUT2D eigenvalue weighted by molar-refractivity contribution is 9.10. The fraction of sp³-hybridized carbons (Fsp3) is 0.211. The van der Waals surface area contributed by atoms with Crippen LogP contribution >= 0.6 is 28.1 Å². The summed E-state index contributed by atoms with van der Waals surface area (Å²) < 4.78 is 0.896. The number of hydrogen-bond acceptors (Lipinski definition) is 3. The van der Waals surface area contributed by atoms with Crippen LogP contribution in [0.25, 0.3) is 0 Å². The number of anilines is 2. The minimum Gasteiger partial charge on any atom is -0.332 e. The maximum atomic E-state index is 12.2. The van der Waals surface area contributed by atoms with Gasteiger partial charge in [0.05, 0.1) is 0 Å². The lowest BCUT2D eigenvalue weighted by atomic mass is 10.2. The third kappa shape index (κ3) is 6.57. The van der Waals surface area contributed by atoms with Gasteiger partial charge in [0, 0.05) is 27.8 Å². The van der Waals surface area contributed by atoms with Gasteiger partial charge in [0.25, 0.3) is 5.91 Å². The van der Waals surface area contributed by atoms with Gasteiger partial charge in [-0.05, 0) is 61.1 Å². The lowest BCUT2D eigenvalue weighted by Gasteiger charge is -2.11. The smallest absolute Gasteiger partial charge is 0.257 e. The van der Waals surface area contributed by atoms with Gasteiger partial charge in [-0.1, -0.05) is 35.3 Å². The second-order valence-electron chi connectivity index (χ2n) is 5.65. The molecule has 0 aromatic heterocycles. The summed E-state index contributed by atoms with van der Waals surface area (Å²) in [5, 5.41) is 8.62. The lowest BCUT2D eigenvalue weighted by molar-refractivity contribution is -0.116. The van der Waals surface area contributed by atoms with E-state index in [2.05, 4.69) is 31.9 Å². The first-order valence-corrected chi connectivity index (χ1v) is 9.46. The van der Waals surface area contributed by atoms with E-state index in [4.69, 9.17) is 12.2 Å². The second kappa shape index (κ2) is 10.0. The molecule has 7 heteroatoms. The number of halogens is 1. The quantitative estimate of drug-likeness (QED) is 0.577. The number of carbonyl (C=O) groups is 2. The van der Waals surface area contributed by atoms with E-state index in [1.807, 2.05) is 6.92 Å². The fourth-order valence-corrected chi connectivity index (χ4v) is 2.65. The van der Waals surface area contributed by atoms with Gasteiger partial charge in [0.2, 0.25) is 5.91 Å². The molecule has 0 radical (unpaired) electrons. The standard InChI is InChI=1S/C19H20BrN3O2S/c1-2-3-7-17(24)21-15-5-4-6-16(12-15)22-19(26)23-18(25)13-8-10-14(20)11-9-13/h4-6,8-12H,2-3,7H2,1H3,(H,21,24)(H2,22,23,25,26). The third-order valence-electron chi connectivity index (χ3n) is 3.50. The Labute approximate surface area is 166 Å². The Morgan fingerprint density at radius 1 is 1.04 bits per heavy atom. The Morgan fingerprint density at radius 3 is 2.35 bits per heavy atom. The van der Waals surface area contributed by atoms with E-state index in [-0.39, 0.29) is 16.9 Å². The van der Waals surface area contributed by atoms with E-state index < -0.39 is 0 Å². The Kier molecular flexibility index (Phi) is 7.74. The summed E-state index contributed by atoms with van der Waals surface area (Å²) in [4.78, 5) is 24.0. The Hall–Kier alpha value is -2.25. The number of amides is 2. The zero-order valence-corrected chi connectivity index (χ0v) is 16.7. The first kappa shape index (κ1) is 20.1. The van der Waals surface area contributed by atoms with E-state index in [0.29, 0.717) is 23.4 Å². The molecule has 0 spiro atoms. The summed E-state index contributed by atoms with van der Waals surface area (Å²) in [6.45, 7) is 2.04. The molecule has 0 heterocycles. The van der Waals surface area contributed by atoms with Gasteiger partial charge in [-0.25, -0.2) is 0 Å². The summed E-state index contributed by atoms with van der Waals surface area (Å²) >= 11 is 8.51. The van der Waals surface area contributed by atoms with Gasteiger partial charge in [0.15, 0.2) is 5.11 Å². The van der Waals surface area contributed by atoms with Crippen LogP contribution in [0.2, 0.25) is 0 Å². The summed E-state index contributed by atoms with van der Waals surface area (Å²) in [6.07, 6.45) is 2.33. The van der Waals surface area contributed by atoms with Gasteiger partial charge in [0.1, 0.15) is 0 Å². The summed E-state index contributed by atoms with van der Waals surface area (Å²) in [7, 11) is 0. The third-order valence-corrected chi connectivity index (χ3v) is 4.23. The molecule has 2 aromatic rings. The molecule has 0 atom stereocenters. The van der Waals surface area contributed by atoms with Gasteiger partial charge < -0.3 is 10.6 Å². The summed E-state index contributed by atoms with van der Waals surface area (Å²) in [5.74, 6) is -0.311. The van der Waals surface area contributed by atoms with Gasteiger partial charge >= 0.3 is 0 Å². The Bertz CT molecular complexity index is 794. The summed E-state index contributed by atoms with van der Waals surface area (Å²) in [5.41, 5.74) is 1.87. The van der Waals surface area contributed by atoms with Crippen LogP contribution in [-0.2, 0) is 4.79 Å². The minimum atomic E-state index is -0.293. The molecule has 26 heavy (non-hydrogen) atoms. The SMILES string of the molecule is CCCCC(=O)Nc1cccc(NC(=S)NC(=O)c2ccc(Br)cc2)c1. The highest BCUT2D eigenvalue weighted by Crippen LogP contribution is 2.16. The highest BCUT2D eigenvalue weighted by Gasteiger charge is 2.08. The van der Waals surface area contributed by atoms with Crippen molar-refractivity contribution in [1.82, 2.24) is 5.32 Å². The fourth-order valence-electron chi connectivity index (χ4n) is 2.17. The van der Waals surface area contributed by atoms with E-state index in [1.54, 1.807) is 48.5 Å². The molecule has 0 saturated heterocycles. The molecule has 0 aliphatic rings. The first-order valence-electron chi connectivity index (χ1n) is 8.25. The number of hydrogen-bond donors (Lipinski definition) is 3. The van der Waals surface area contributed by atoms with Crippen molar-refractivity contribution >= 4 is 56.4 Å². The molecule has 0 aliphatic carbocycles. The van der Waals surface area contributed by atoms with Crippen molar-refractivity contribution in [2.75, 3.05) is 10.6 Å². The normalized spacial score (nSPS) is 10.1. The van der Waals surface area contributed by atoms with Crippen molar-refractivity contribution in [2.24, 2.45) is 0 Å². The van der Waals surface area contributed by atoms with Crippen LogP contribution in [-0.4, -0.2) is 16.9 Å². The van der Waals surface area contributed by atoms with Crippen LogP contribution in [0.15, 0.2) is 53.0 Å². The van der Waals surface area contributed by atoms with Crippen molar-refractivity contribution in [3.05, 3.63) is 58.6 Å². The van der Waals surface area contributed by atoms with Crippen molar-refractivity contribution in [3.63, 3.8) is 0 Å². The van der Waals surface area contributed by atoms with E-state index >= 15 is 0 Å². The molecular formula is C19H20BrN3O2S. The predicted octanol–water partition coefficient (Wildman–Crippen LogP) is 4.70. The molecule has 2 amide bonds. The zero-order chi connectivity index (χ0) is 18.9. The number of benzene rings is 2. The molecule has 0 fully saturated rings. The molecule has 0 unspecified atom stereocenters. The van der Waals surface area contributed by atoms with E-state index in [9.17, 15) is 9.59 Å². The first-order chi connectivity index (χ1) is 12.5. The van der Waals surface area contributed by atoms with Crippen LogP contribution in [0.4, 0.5) is 11.4 Å². The van der Waals surface area contributed by atoms with Gasteiger partial charge in [-0.2, -0.15) is 0 Å². The molecular weight excluding hydrogens is 414 g/mol. The number of carbonyl (C=O) groups excluding carboxylic acids is 2. The Balaban J connectivity index is 1.92. The molecule has 136 valence electrons. The number of thiocarbonyl (C=S) groups is 1. The average molecular weight is 434 g/mol. The van der Waals surface area contributed by atoms with E-state index in [0.717, 1.165) is 17.3 Å². The minimum absolute atomic E-state index is 0.0184. The molecule has 0 aliphatic heterocycles. The van der Waals surface area contributed by atoms with Crippen molar-refractivity contribution < 1.29 is 9.59 Å². The van der Waals surface area contributed by atoms with Crippen molar-refractivity contribution in [3.8, 4) is 0 Å². The average Bonchev–Trinajstić information content (AvgIpc) is 2.60. The molecule has 0 bridgehead atoms. The maximum Gasteiger partial charge on any atom is 0.257 e.